The van der Waals surface area contributed by atoms with Crippen LogP contribution >= 0.6 is 0 Å². The second-order valence-electron chi connectivity index (χ2n) is 15.1. The molecule has 2 atom stereocenters. The van der Waals surface area contributed by atoms with Crippen molar-refractivity contribution in [1.82, 2.24) is 0 Å². The number of anilines is 4. The summed E-state index contributed by atoms with van der Waals surface area (Å²) in [6.07, 6.45) is 2.63. The Morgan fingerprint density at radius 3 is 1.38 bits per heavy atom. The second-order valence-corrected chi connectivity index (χ2v) is 15.1. The topological polar surface area (TPSA) is 71.0 Å². The van der Waals surface area contributed by atoms with Gasteiger partial charge in [0.2, 0.25) is 0 Å². The fourth-order valence-electron chi connectivity index (χ4n) is 10.6. The van der Waals surface area contributed by atoms with E-state index in [1.165, 1.54) is 44.0 Å². The van der Waals surface area contributed by atoms with Crippen molar-refractivity contribution in [2.24, 2.45) is 0 Å². The predicted octanol–water partition coefficient (Wildman–Crippen LogP) is 8.35. The molecule has 1 saturated carbocycles. The number of nitrogens with one attached hydrogen (secondary N) is 2. The molecule has 0 spiro atoms. The molecule has 11 rings (SSSR count). The van der Waals surface area contributed by atoms with Gasteiger partial charge >= 0.3 is 0 Å². The molecule has 1 aliphatic carbocycles. The highest BCUT2D eigenvalue weighted by atomic mass is 16.3. The maximum absolute atomic E-state index is 12.3. The zero-order valence-electron chi connectivity index (χ0n) is 27.9. The van der Waals surface area contributed by atoms with Crippen LogP contribution in [-0.4, -0.2) is 35.5 Å². The number of hydrogen-bond donors (Lipinski definition) is 4. The van der Waals surface area contributed by atoms with Gasteiger partial charge in [-0.05, 0) is 70.8 Å². The van der Waals surface area contributed by atoms with Gasteiger partial charge in [-0.3, -0.25) is 0 Å². The van der Waals surface area contributed by atoms with Crippen molar-refractivity contribution in [2.45, 2.75) is 61.1 Å². The van der Waals surface area contributed by atoms with E-state index in [1.54, 1.807) is 0 Å². The minimum absolute atomic E-state index is 0.376. The Bertz CT molecular complexity index is 2160. The molecule has 248 valence electrons. The van der Waals surface area contributed by atoms with Gasteiger partial charge in [0.15, 0.2) is 0 Å². The maximum Gasteiger partial charge on any atom is 0.137 e. The number of aliphatic hydroxyl groups excluding tert-OH is 2. The summed E-state index contributed by atoms with van der Waals surface area (Å²) in [6.45, 7) is 1.95. The van der Waals surface area contributed by atoms with Crippen LogP contribution in [-0.2, 0) is 11.3 Å². The molecule has 0 aromatic heterocycles. The zero-order chi connectivity index (χ0) is 33.2. The van der Waals surface area contributed by atoms with Crippen LogP contribution in [0.15, 0.2) is 121 Å². The van der Waals surface area contributed by atoms with Crippen LogP contribution in [0.25, 0.3) is 21.5 Å². The molecular weight excluding hydrogens is 617 g/mol. The molecular formula is C44H40N4O2. The summed E-state index contributed by atoms with van der Waals surface area (Å²) in [6, 6.07) is 43.3. The molecule has 0 bridgehead atoms. The van der Waals surface area contributed by atoms with E-state index in [2.05, 4.69) is 142 Å². The highest BCUT2D eigenvalue weighted by Crippen LogP contribution is 2.59. The molecule has 0 amide bonds. The summed E-state index contributed by atoms with van der Waals surface area (Å²) in [7, 11) is 0. The summed E-state index contributed by atoms with van der Waals surface area (Å²) in [5.41, 5.74) is 8.27. The molecule has 6 heteroatoms. The van der Waals surface area contributed by atoms with Crippen LogP contribution in [0, 0.1) is 0 Å². The summed E-state index contributed by atoms with van der Waals surface area (Å²) >= 11 is 0. The smallest absolute Gasteiger partial charge is 0.137 e. The molecule has 5 aliphatic rings. The quantitative estimate of drug-likeness (QED) is 0.153. The molecule has 6 aromatic rings. The van der Waals surface area contributed by atoms with Crippen LogP contribution in [0.4, 0.5) is 22.7 Å². The van der Waals surface area contributed by atoms with Gasteiger partial charge in [0.05, 0.1) is 12.2 Å². The predicted molar refractivity (Wildman–Crippen MR) is 202 cm³/mol. The van der Waals surface area contributed by atoms with Crippen LogP contribution in [0.2, 0.25) is 0 Å². The Kier molecular flexibility index (Phi) is 5.90. The first kappa shape index (κ1) is 28.8. The lowest BCUT2D eigenvalue weighted by molar-refractivity contribution is -0.0780. The van der Waals surface area contributed by atoms with Crippen LogP contribution < -0.4 is 20.4 Å². The van der Waals surface area contributed by atoms with Gasteiger partial charge < -0.3 is 30.6 Å². The van der Waals surface area contributed by atoms with Gasteiger partial charge in [-0.1, -0.05) is 109 Å². The summed E-state index contributed by atoms with van der Waals surface area (Å²) in [5.74, 6) is -0.845. The fourth-order valence-corrected chi connectivity index (χ4v) is 10.6. The zero-order valence-corrected chi connectivity index (χ0v) is 27.9. The Hall–Kier alpha value is -5.04. The molecule has 4 aliphatic heterocycles. The Labute approximate surface area is 292 Å². The highest BCUT2D eigenvalue weighted by molar-refractivity contribution is 6.08. The number of fused-ring (bicyclic) bond motifs is 4. The molecule has 2 saturated heterocycles. The minimum atomic E-state index is -0.751. The second kappa shape index (κ2) is 10.3. The average Bonchev–Trinajstić information content (AvgIpc) is 3.81. The first-order valence-corrected chi connectivity index (χ1v) is 18.3. The standard InChI is InChI=1S/C44H40N4O2/c49-41-37(31-21-19-27-11-7-17-33-35(27)39(31)45-43(23-9-25-47(33)43)29-13-3-1-4-14-29)42(50)38(41)32-22-20-28-12-8-18-34-36(28)40(32)46-44(24-10-26-48(34)44)30-15-5-2-6-16-30/h1-8,11-22,37-38,41-42,45-46,49-50H,9-10,23-26H2. The van der Waals surface area contributed by atoms with Crippen LogP contribution in [0.1, 0.15) is 59.8 Å². The van der Waals surface area contributed by atoms with E-state index in [0.29, 0.717) is 0 Å². The number of aliphatic hydroxyl groups is 2. The third kappa shape index (κ3) is 3.60. The largest absolute Gasteiger partial charge is 0.392 e. The van der Waals surface area contributed by atoms with Crippen molar-refractivity contribution in [3.63, 3.8) is 0 Å². The molecule has 0 radical (unpaired) electrons. The number of rotatable bonds is 4. The summed E-state index contributed by atoms with van der Waals surface area (Å²) < 4.78 is 0. The Morgan fingerprint density at radius 1 is 0.500 bits per heavy atom. The number of benzene rings is 6. The lowest BCUT2D eigenvalue weighted by Crippen LogP contribution is -2.54. The van der Waals surface area contributed by atoms with E-state index in [4.69, 9.17) is 0 Å². The molecule has 4 heterocycles. The Balaban J connectivity index is 1.03. The first-order chi connectivity index (χ1) is 24.6. The van der Waals surface area contributed by atoms with Gasteiger partial charge in [0.1, 0.15) is 11.3 Å². The SMILES string of the molecule is OC1C(c2ccc3cccc4c3c2NC2(c3ccccc3)CCCN42)C(O)C1c1ccc2cccc3c2c1NC1(c2ccccc2)CCCN31. The van der Waals surface area contributed by atoms with E-state index in [0.717, 1.165) is 61.3 Å². The van der Waals surface area contributed by atoms with E-state index < -0.39 is 24.0 Å². The van der Waals surface area contributed by atoms with Gasteiger partial charge in [-0.25, -0.2) is 0 Å². The van der Waals surface area contributed by atoms with Crippen LogP contribution in [0.3, 0.4) is 0 Å². The van der Waals surface area contributed by atoms with Gasteiger partial charge in [0, 0.05) is 58.4 Å². The average molecular weight is 657 g/mol. The lowest BCUT2D eigenvalue weighted by atomic mass is 9.62. The molecule has 2 unspecified atom stereocenters. The van der Waals surface area contributed by atoms with E-state index in [1.807, 2.05) is 0 Å². The monoisotopic (exact) mass is 656 g/mol. The third-order valence-electron chi connectivity index (χ3n) is 12.8. The Morgan fingerprint density at radius 2 is 0.940 bits per heavy atom. The van der Waals surface area contributed by atoms with Crippen molar-refractivity contribution >= 4 is 44.3 Å². The fraction of sp³-hybridized carbons (Fsp3) is 0.273. The van der Waals surface area contributed by atoms with Crippen molar-refractivity contribution in [1.29, 1.82) is 0 Å². The molecule has 4 N–H and O–H groups in total. The van der Waals surface area contributed by atoms with E-state index in [9.17, 15) is 10.2 Å². The number of nitrogens with zero attached hydrogens (tertiary/aromatic N) is 2. The van der Waals surface area contributed by atoms with Crippen molar-refractivity contribution < 1.29 is 10.2 Å². The van der Waals surface area contributed by atoms with Gasteiger partial charge in [-0.2, -0.15) is 0 Å². The van der Waals surface area contributed by atoms with Gasteiger partial charge in [0.25, 0.3) is 0 Å². The third-order valence-corrected chi connectivity index (χ3v) is 12.8. The van der Waals surface area contributed by atoms with E-state index >= 15 is 0 Å². The molecule has 3 fully saturated rings. The summed E-state index contributed by atoms with van der Waals surface area (Å²) in [5, 5.41) is 37.4. The first-order valence-electron chi connectivity index (χ1n) is 18.3. The lowest BCUT2D eigenvalue weighted by Gasteiger charge is -2.52. The minimum Gasteiger partial charge on any atom is -0.392 e. The molecule has 6 nitrogen and oxygen atoms in total. The highest BCUT2D eigenvalue weighted by Gasteiger charge is 2.55. The van der Waals surface area contributed by atoms with Crippen LogP contribution in [0.5, 0.6) is 0 Å². The van der Waals surface area contributed by atoms with Crippen molar-refractivity contribution in [3.8, 4) is 0 Å². The molecule has 6 aromatic carbocycles. The number of hydrogen-bond acceptors (Lipinski definition) is 6. The van der Waals surface area contributed by atoms with Gasteiger partial charge in [-0.15, -0.1) is 0 Å². The molecule has 50 heavy (non-hydrogen) atoms. The van der Waals surface area contributed by atoms with Crippen molar-refractivity contribution in [2.75, 3.05) is 33.5 Å². The van der Waals surface area contributed by atoms with E-state index in [-0.39, 0.29) is 11.3 Å². The summed E-state index contributed by atoms with van der Waals surface area (Å²) in [4.78, 5) is 5.08. The maximum atomic E-state index is 12.3. The normalized spacial score (nSPS) is 28.9. The van der Waals surface area contributed by atoms with Crippen molar-refractivity contribution in [3.05, 3.63) is 144 Å².